The van der Waals surface area contributed by atoms with Crippen molar-refractivity contribution in [2.24, 2.45) is 5.92 Å². The van der Waals surface area contributed by atoms with Crippen LogP contribution in [0.15, 0.2) is 36.4 Å². The number of hydrogen-bond donors (Lipinski definition) is 2. The minimum atomic E-state index is -1.28. The van der Waals surface area contributed by atoms with Crippen LogP contribution >= 0.6 is 0 Å². The molecule has 2 aromatic heterocycles. The van der Waals surface area contributed by atoms with Crippen LogP contribution in [0.5, 0.6) is 5.75 Å². The Morgan fingerprint density at radius 1 is 1.22 bits per heavy atom. The number of hydrogen-bond acceptors (Lipinski definition) is 7. The first kappa shape index (κ1) is 28.5. The monoisotopic (exact) mass is 565 g/mol. The molecule has 10 nitrogen and oxygen atoms in total. The molecule has 3 aromatic rings. The number of allylic oxidation sites excluding steroid dienone is 1. The lowest BCUT2D eigenvalue weighted by Crippen LogP contribution is -2.37. The summed E-state index contributed by atoms with van der Waals surface area (Å²) in [5.41, 5.74) is 1.38. The van der Waals surface area contributed by atoms with E-state index in [2.05, 4.69) is 26.4 Å². The third kappa shape index (κ3) is 6.35. The number of nitrogens with zero attached hydrogens (tertiary/aromatic N) is 4. The molecule has 1 amide bonds. The SMILES string of the molecule is Cc1nc2cc3nn2c(c1[C@H](OC(C)(C)C)C(=O)O)N1CCC(C/C=C/COc2cc(F)ccc2CNC3=O)CC1. The molecular formula is C30H36FN5O5. The predicted octanol–water partition coefficient (Wildman–Crippen LogP) is 4.60. The number of aliphatic carboxylic acids is 1. The van der Waals surface area contributed by atoms with E-state index in [9.17, 15) is 19.1 Å². The van der Waals surface area contributed by atoms with Crippen molar-refractivity contribution in [3.8, 4) is 5.75 Å². The zero-order valence-electron chi connectivity index (χ0n) is 23.8. The molecule has 4 bridgehead atoms. The highest BCUT2D eigenvalue weighted by molar-refractivity contribution is 5.93. The quantitative estimate of drug-likeness (QED) is 0.443. The third-order valence-electron chi connectivity index (χ3n) is 7.35. The van der Waals surface area contributed by atoms with Gasteiger partial charge in [-0.3, -0.25) is 4.79 Å². The number of carboxylic acid groups (broad SMARTS) is 1. The van der Waals surface area contributed by atoms with Crippen molar-refractivity contribution in [1.29, 1.82) is 0 Å². The van der Waals surface area contributed by atoms with Crippen LogP contribution in [0.4, 0.5) is 10.2 Å². The Kier molecular flexibility index (Phi) is 7.99. The van der Waals surface area contributed by atoms with Crippen molar-refractivity contribution in [2.75, 3.05) is 24.6 Å². The third-order valence-corrected chi connectivity index (χ3v) is 7.35. The van der Waals surface area contributed by atoms with Gasteiger partial charge in [0, 0.05) is 43.0 Å². The van der Waals surface area contributed by atoms with E-state index in [1.54, 1.807) is 23.6 Å². The molecule has 0 saturated carbocycles. The molecule has 6 rings (SSSR count). The first-order chi connectivity index (χ1) is 19.5. The number of benzene rings is 1. The van der Waals surface area contributed by atoms with Crippen molar-refractivity contribution in [1.82, 2.24) is 19.9 Å². The zero-order chi connectivity index (χ0) is 29.3. The minimum Gasteiger partial charge on any atom is -0.489 e. The molecule has 11 heteroatoms. The number of halogens is 1. The van der Waals surface area contributed by atoms with Gasteiger partial charge in [-0.15, -0.1) is 0 Å². The van der Waals surface area contributed by atoms with E-state index in [-0.39, 0.29) is 18.8 Å². The molecule has 0 spiro atoms. The van der Waals surface area contributed by atoms with E-state index >= 15 is 0 Å². The van der Waals surface area contributed by atoms with Gasteiger partial charge in [0.2, 0.25) is 0 Å². The summed E-state index contributed by atoms with van der Waals surface area (Å²) in [6.07, 6.45) is 5.38. The van der Waals surface area contributed by atoms with Gasteiger partial charge in [0.15, 0.2) is 17.4 Å². The molecule has 3 aliphatic heterocycles. The van der Waals surface area contributed by atoms with Gasteiger partial charge in [-0.1, -0.05) is 18.2 Å². The molecule has 1 saturated heterocycles. The highest BCUT2D eigenvalue weighted by Gasteiger charge is 2.35. The average Bonchev–Trinajstić information content (AvgIpc) is 3.33. The largest absolute Gasteiger partial charge is 0.489 e. The van der Waals surface area contributed by atoms with E-state index in [0.29, 0.717) is 53.0 Å². The van der Waals surface area contributed by atoms with Gasteiger partial charge < -0.3 is 24.8 Å². The summed E-state index contributed by atoms with van der Waals surface area (Å²) in [4.78, 5) is 32.6. The molecule has 1 aromatic carbocycles. The van der Waals surface area contributed by atoms with E-state index in [1.807, 2.05) is 26.8 Å². The molecule has 2 N–H and O–H groups in total. The number of piperidine rings is 1. The molecule has 0 aliphatic carbocycles. The van der Waals surface area contributed by atoms with Crippen molar-refractivity contribution >= 4 is 23.3 Å². The molecule has 218 valence electrons. The number of carbonyl (C=O) groups is 2. The lowest BCUT2D eigenvalue weighted by molar-refractivity contribution is -0.160. The smallest absolute Gasteiger partial charge is 0.337 e. The Bertz CT molecular complexity index is 1490. The van der Waals surface area contributed by atoms with Crippen molar-refractivity contribution in [3.63, 3.8) is 0 Å². The number of fused-ring (bicyclic) bond motifs is 7. The first-order valence-electron chi connectivity index (χ1n) is 13.9. The van der Waals surface area contributed by atoms with Crippen LogP contribution in [0.25, 0.3) is 5.65 Å². The highest BCUT2D eigenvalue weighted by Crippen LogP contribution is 2.37. The van der Waals surface area contributed by atoms with Gasteiger partial charge in [-0.05, 0) is 58.9 Å². The number of nitrogens with one attached hydrogen (secondary N) is 1. The second-order valence-corrected chi connectivity index (χ2v) is 11.6. The molecule has 0 unspecified atom stereocenters. The maximum Gasteiger partial charge on any atom is 0.337 e. The number of carbonyl (C=O) groups excluding carboxylic acids is 1. The van der Waals surface area contributed by atoms with Crippen molar-refractivity contribution in [3.05, 3.63) is 64.7 Å². The number of aryl methyl sites for hydroxylation is 1. The van der Waals surface area contributed by atoms with Crippen LogP contribution in [-0.4, -0.2) is 56.9 Å². The second-order valence-electron chi connectivity index (χ2n) is 11.6. The Labute approximate surface area is 238 Å². The Hall–Kier alpha value is -3.99. The Morgan fingerprint density at radius 2 is 1.98 bits per heavy atom. The summed E-state index contributed by atoms with van der Waals surface area (Å²) in [6, 6.07) is 5.81. The van der Waals surface area contributed by atoms with Gasteiger partial charge in [-0.25, -0.2) is 14.2 Å². The fourth-order valence-corrected chi connectivity index (χ4v) is 5.37. The molecule has 0 radical (unpaired) electrons. The summed E-state index contributed by atoms with van der Waals surface area (Å²) >= 11 is 0. The number of anilines is 1. The van der Waals surface area contributed by atoms with Crippen molar-refractivity contribution < 1.29 is 28.6 Å². The molecule has 3 aliphatic rings. The summed E-state index contributed by atoms with van der Waals surface area (Å²) in [7, 11) is 0. The maximum absolute atomic E-state index is 14.0. The van der Waals surface area contributed by atoms with Gasteiger partial charge in [0.1, 0.15) is 24.0 Å². The van der Waals surface area contributed by atoms with Crippen LogP contribution < -0.4 is 15.0 Å². The fourth-order valence-electron chi connectivity index (χ4n) is 5.37. The fraction of sp³-hybridized carbons (Fsp3) is 0.467. The summed E-state index contributed by atoms with van der Waals surface area (Å²) < 4.78 is 27.4. The van der Waals surface area contributed by atoms with Crippen LogP contribution in [0.2, 0.25) is 0 Å². The normalized spacial score (nSPS) is 18.4. The van der Waals surface area contributed by atoms with Gasteiger partial charge in [0.05, 0.1) is 11.2 Å². The summed E-state index contributed by atoms with van der Waals surface area (Å²) in [5.74, 6) is -0.616. The first-order valence-corrected chi connectivity index (χ1v) is 13.9. The zero-order valence-corrected chi connectivity index (χ0v) is 23.8. The van der Waals surface area contributed by atoms with Gasteiger partial charge in [0.25, 0.3) is 5.91 Å². The molecular weight excluding hydrogens is 529 g/mol. The predicted molar refractivity (Wildman–Crippen MR) is 151 cm³/mol. The second kappa shape index (κ2) is 11.5. The number of ether oxygens (including phenoxy) is 2. The maximum atomic E-state index is 14.0. The summed E-state index contributed by atoms with van der Waals surface area (Å²) in [6.45, 7) is 8.94. The standard InChI is InChI=1S/C30H36FN5O5/c1-18-25(26(29(38)39)41-30(2,3)4)28-35-12-10-19(11-13-35)7-5-6-14-40-23-15-21(31)9-8-20(23)17-32-27(37)22-16-24(33-18)36(28)34-22/h5-6,8-9,15-16,19,26H,7,10-14,17H2,1-4H3,(H,32,37)(H,38,39)/b6-5+/t26-/m0/s1. The van der Waals surface area contributed by atoms with Crippen LogP contribution in [0.1, 0.15) is 73.4 Å². The van der Waals surface area contributed by atoms with Crippen LogP contribution in [0.3, 0.4) is 0 Å². The van der Waals surface area contributed by atoms with E-state index in [4.69, 9.17) is 9.47 Å². The lowest BCUT2D eigenvalue weighted by Gasteiger charge is -2.36. The number of rotatable bonds is 3. The Balaban J connectivity index is 1.61. The topological polar surface area (TPSA) is 118 Å². The van der Waals surface area contributed by atoms with E-state index in [0.717, 1.165) is 19.3 Å². The van der Waals surface area contributed by atoms with Gasteiger partial charge >= 0.3 is 5.97 Å². The molecule has 41 heavy (non-hydrogen) atoms. The molecule has 5 heterocycles. The van der Waals surface area contributed by atoms with Crippen LogP contribution in [0, 0.1) is 18.7 Å². The number of amides is 1. The van der Waals surface area contributed by atoms with Gasteiger partial charge in [-0.2, -0.15) is 9.61 Å². The lowest BCUT2D eigenvalue weighted by atomic mass is 9.93. The summed E-state index contributed by atoms with van der Waals surface area (Å²) in [5, 5.41) is 17.7. The van der Waals surface area contributed by atoms with Crippen LogP contribution in [-0.2, 0) is 16.1 Å². The van der Waals surface area contributed by atoms with E-state index < -0.39 is 29.4 Å². The highest BCUT2D eigenvalue weighted by atomic mass is 19.1. The number of carboxylic acids is 1. The number of aromatic nitrogens is 3. The molecule has 1 atom stereocenters. The van der Waals surface area contributed by atoms with E-state index in [1.165, 1.54) is 12.1 Å². The van der Waals surface area contributed by atoms with Crippen molar-refractivity contribution in [2.45, 2.75) is 65.2 Å². The average molecular weight is 566 g/mol. The minimum absolute atomic E-state index is 0.102. The Morgan fingerprint density at radius 3 is 2.68 bits per heavy atom. The molecule has 1 fully saturated rings.